The first-order valence-corrected chi connectivity index (χ1v) is 9.09. The SMILES string of the molecule is COc1ccccc1[C@@H](C)N(C)C(=O)CCc1ncc(-c2ccc(F)cc2)o1. The molecule has 1 aromatic heterocycles. The van der Waals surface area contributed by atoms with Crippen LogP contribution in [0.15, 0.2) is 59.1 Å². The molecule has 0 saturated heterocycles. The van der Waals surface area contributed by atoms with E-state index in [1.807, 2.05) is 31.2 Å². The van der Waals surface area contributed by atoms with E-state index in [0.29, 0.717) is 18.1 Å². The summed E-state index contributed by atoms with van der Waals surface area (Å²) in [6.45, 7) is 1.97. The maximum Gasteiger partial charge on any atom is 0.223 e. The lowest BCUT2D eigenvalue weighted by molar-refractivity contribution is -0.131. The third-order valence-corrected chi connectivity index (χ3v) is 4.80. The van der Waals surface area contributed by atoms with Gasteiger partial charge in [0.05, 0.1) is 19.3 Å². The molecule has 1 amide bonds. The molecular weight excluding hydrogens is 359 g/mol. The Balaban J connectivity index is 1.61. The van der Waals surface area contributed by atoms with Crippen LogP contribution in [0.3, 0.4) is 0 Å². The normalized spacial score (nSPS) is 11.9. The van der Waals surface area contributed by atoms with Crippen molar-refractivity contribution in [2.45, 2.75) is 25.8 Å². The van der Waals surface area contributed by atoms with Crippen molar-refractivity contribution >= 4 is 5.91 Å². The van der Waals surface area contributed by atoms with Gasteiger partial charge in [-0.15, -0.1) is 0 Å². The standard InChI is InChI=1S/C22H23FN2O3/c1-15(18-6-4-5-7-19(18)27-3)25(2)22(26)13-12-21-24-14-20(28-21)16-8-10-17(23)11-9-16/h4-11,14-15H,12-13H2,1-3H3/t15-/m1/s1. The monoisotopic (exact) mass is 382 g/mol. The topological polar surface area (TPSA) is 55.6 Å². The van der Waals surface area contributed by atoms with Gasteiger partial charge in [0.1, 0.15) is 11.6 Å². The van der Waals surface area contributed by atoms with Gasteiger partial charge in [-0.05, 0) is 37.3 Å². The molecule has 0 spiro atoms. The van der Waals surface area contributed by atoms with Crippen molar-refractivity contribution in [2.75, 3.05) is 14.2 Å². The third kappa shape index (κ3) is 4.39. The van der Waals surface area contributed by atoms with Crippen LogP contribution in [0.5, 0.6) is 5.75 Å². The lowest BCUT2D eigenvalue weighted by Crippen LogP contribution is -2.30. The molecule has 0 bridgehead atoms. The molecule has 0 unspecified atom stereocenters. The maximum absolute atomic E-state index is 13.0. The Bertz CT molecular complexity index is 937. The Morgan fingerprint density at radius 3 is 2.64 bits per heavy atom. The number of carbonyl (C=O) groups excluding carboxylic acids is 1. The first kappa shape index (κ1) is 19.6. The zero-order valence-electron chi connectivity index (χ0n) is 16.2. The molecule has 1 atom stereocenters. The average Bonchev–Trinajstić information content (AvgIpc) is 3.20. The van der Waals surface area contributed by atoms with Crippen molar-refractivity contribution in [3.8, 4) is 17.1 Å². The summed E-state index contributed by atoms with van der Waals surface area (Å²) in [5.41, 5.74) is 1.70. The van der Waals surface area contributed by atoms with E-state index in [-0.39, 0.29) is 24.2 Å². The van der Waals surface area contributed by atoms with Crippen LogP contribution in [0, 0.1) is 5.82 Å². The van der Waals surface area contributed by atoms with Crippen LogP contribution in [0.25, 0.3) is 11.3 Å². The summed E-state index contributed by atoms with van der Waals surface area (Å²) < 4.78 is 24.1. The summed E-state index contributed by atoms with van der Waals surface area (Å²) in [6.07, 6.45) is 2.26. The second kappa shape index (κ2) is 8.69. The van der Waals surface area contributed by atoms with Crippen LogP contribution in [0.1, 0.15) is 30.8 Å². The summed E-state index contributed by atoms with van der Waals surface area (Å²) in [5.74, 6) is 1.47. The minimum Gasteiger partial charge on any atom is -0.496 e. The van der Waals surface area contributed by atoms with Crippen molar-refractivity contribution in [1.82, 2.24) is 9.88 Å². The number of hydrogen-bond donors (Lipinski definition) is 0. The quantitative estimate of drug-likeness (QED) is 0.597. The molecule has 0 saturated carbocycles. The number of benzene rings is 2. The van der Waals surface area contributed by atoms with Gasteiger partial charge in [-0.2, -0.15) is 0 Å². The zero-order chi connectivity index (χ0) is 20.1. The van der Waals surface area contributed by atoms with Gasteiger partial charge in [-0.3, -0.25) is 4.79 Å². The minimum atomic E-state index is -0.304. The number of para-hydroxylation sites is 1. The van der Waals surface area contributed by atoms with Gasteiger partial charge in [0.2, 0.25) is 5.91 Å². The number of aryl methyl sites for hydroxylation is 1. The summed E-state index contributed by atoms with van der Waals surface area (Å²) >= 11 is 0. The molecule has 0 N–H and O–H groups in total. The van der Waals surface area contributed by atoms with E-state index in [9.17, 15) is 9.18 Å². The van der Waals surface area contributed by atoms with E-state index in [1.165, 1.54) is 12.1 Å². The number of carbonyl (C=O) groups is 1. The summed E-state index contributed by atoms with van der Waals surface area (Å²) in [6, 6.07) is 13.5. The molecule has 5 nitrogen and oxygen atoms in total. The fourth-order valence-corrected chi connectivity index (χ4v) is 3.00. The van der Waals surface area contributed by atoms with Crippen LogP contribution < -0.4 is 4.74 Å². The number of aromatic nitrogens is 1. The van der Waals surface area contributed by atoms with Crippen LogP contribution in [-0.4, -0.2) is 29.9 Å². The molecule has 0 aliphatic rings. The number of methoxy groups -OCH3 is 1. The van der Waals surface area contributed by atoms with Gasteiger partial charge in [0, 0.05) is 31.0 Å². The van der Waals surface area contributed by atoms with E-state index in [4.69, 9.17) is 9.15 Å². The van der Waals surface area contributed by atoms with Crippen LogP contribution >= 0.6 is 0 Å². The highest BCUT2D eigenvalue weighted by molar-refractivity contribution is 5.76. The Hall–Kier alpha value is -3.15. The number of hydrogen-bond acceptors (Lipinski definition) is 4. The van der Waals surface area contributed by atoms with E-state index in [2.05, 4.69) is 4.98 Å². The molecular formula is C22H23FN2O3. The van der Waals surface area contributed by atoms with Crippen LogP contribution in [0.4, 0.5) is 4.39 Å². The van der Waals surface area contributed by atoms with Crippen molar-refractivity contribution in [1.29, 1.82) is 0 Å². The van der Waals surface area contributed by atoms with Crippen molar-refractivity contribution in [2.24, 2.45) is 0 Å². The zero-order valence-corrected chi connectivity index (χ0v) is 16.2. The van der Waals surface area contributed by atoms with Gasteiger partial charge < -0.3 is 14.1 Å². The number of amides is 1. The highest BCUT2D eigenvalue weighted by atomic mass is 19.1. The predicted molar refractivity (Wildman–Crippen MR) is 104 cm³/mol. The second-order valence-corrected chi connectivity index (χ2v) is 6.55. The Morgan fingerprint density at radius 2 is 1.93 bits per heavy atom. The van der Waals surface area contributed by atoms with E-state index in [1.54, 1.807) is 37.4 Å². The fourth-order valence-electron chi connectivity index (χ4n) is 3.00. The van der Waals surface area contributed by atoms with Crippen molar-refractivity contribution in [3.05, 3.63) is 72.0 Å². The molecule has 28 heavy (non-hydrogen) atoms. The number of oxazole rings is 1. The van der Waals surface area contributed by atoms with E-state index >= 15 is 0 Å². The Labute approximate surface area is 163 Å². The second-order valence-electron chi connectivity index (χ2n) is 6.55. The predicted octanol–water partition coefficient (Wildman–Crippen LogP) is 4.64. The number of halogens is 1. The maximum atomic E-state index is 13.0. The highest BCUT2D eigenvalue weighted by Gasteiger charge is 2.20. The first-order chi connectivity index (χ1) is 13.5. The summed E-state index contributed by atoms with van der Waals surface area (Å²) in [5, 5.41) is 0. The molecule has 0 aliphatic heterocycles. The summed E-state index contributed by atoms with van der Waals surface area (Å²) in [7, 11) is 3.40. The molecule has 2 aromatic carbocycles. The number of nitrogens with zero attached hydrogens (tertiary/aromatic N) is 2. The van der Waals surface area contributed by atoms with Gasteiger partial charge >= 0.3 is 0 Å². The van der Waals surface area contributed by atoms with E-state index < -0.39 is 0 Å². The van der Waals surface area contributed by atoms with Gasteiger partial charge in [-0.1, -0.05) is 18.2 Å². The number of ether oxygens (including phenoxy) is 1. The average molecular weight is 382 g/mol. The lowest BCUT2D eigenvalue weighted by atomic mass is 10.1. The lowest BCUT2D eigenvalue weighted by Gasteiger charge is -2.26. The first-order valence-electron chi connectivity index (χ1n) is 9.09. The van der Waals surface area contributed by atoms with Crippen LogP contribution in [0.2, 0.25) is 0 Å². The van der Waals surface area contributed by atoms with Gasteiger partial charge in [0.25, 0.3) is 0 Å². The molecule has 0 fully saturated rings. The molecule has 3 aromatic rings. The molecule has 3 rings (SSSR count). The fraction of sp³-hybridized carbons (Fsp3) is 0.273. The van der Waals surface area contributed by atoms with Crippen LogP contribution in [-0.2, 0) is 11.2 Å². The molecule has 146 valence electrons. The highest BCUT2D eigenvalue weighted by Crippen LogP contribution is 2.28. The molecule has 6 heteroatoms. The smallest absolute Gasteiger partial charge is 0.223 e. The van der Waals surface area contributed by atoms with Crippen molar-refractivity contribution < 1.29 is 18.3 Å². The largest absolute Gasteiger partial charge is 0.496 e. The third-order valence-electron chi connectivity index (χ3n) is 4.80. The molecule has 0 radical (unpaired) electrons. The number of rotatable bonds is 7. The van der Waals surface area contributed by atoms with E-state index in [0.717, 1.165) is 16.9 Å². The van der Waals surface area contributed by atoms with Gasteiger partial charge in [0.15, 0.2) is 11.7 Å². The van der Waals surface area contributed by atoms with Gasteiger partial charge in [-0.25, -0.2) is 9.37 Å². The Kier molecular flexibility index (Phi) is 6.09. The van der Waals surface area contributed by atoms with Crippen molar-refractivity contribution in [3.63, 3.8) is 0 Å². The Morgan fingerprint density at radius 1 is 1.21 bits per heavy atom. The molecule has 1 heterocycles. The minimum absolute atomic E-state index is 0.0139. The summed E-state index contributed by atoms with van der Waals surface area (Å²) in [4.78, 5) is 18.5. The molecule has 0 aliphatic carbocycles.